The molecule has 0 fully saturated rings. The maximum atomic E-state index is 11.7. The fourth-order valence-electron chi connectivity index (χ4n) is 1.24. The van der Waals surface area contributed by atoms with E-state index in [0.717, 1.165) is 6.42 Å². The van der Waals surface area contributed by atoms with Gasteiger partial charge in [-0.1, -0.05) is 6.92 Å². The third kappa shape index (κ3) is 2.82. The molecular weight excluding hydrogens is 208 g/mol. The Labute approximate surface area is 94.0 Å². The quantitative estimate of drug-likeness (QED) is 0.695. The van der Waals surface area contributed by atoms with Gasteiger partial charge in [0.2, 0.25) is 6.41 Å². The highest BCUT2D eigenvalue weighted by Crippen LogP contribution is 2.12. The first kappa shape index (κ1) is 12.2. The number of carbonyl (C=O) groups excluding carboxylic acids is 2. The van der Waals surface area contributed by atoms with Gasteiger partial charge in [0.05, 0.1) is 5.69 Å². The van der Waals surface area contributed by atoms with Gasteiger partial charge < -0.3 is 10.6 Å². The predicted octanol–water partition coefficient (Wildman–Crippen LogP) is 0.611. The van der Waals surface area contributed by atoms with Crippen LogP contribution in [0.3, 0.4) is 0 Å². The second kappa shape index (κ2) is 5.89. The third-order valence-electron chi connectivity index (χ3n) is 2.05. The summed E-state index contributed by atoms with van der Waals surface area (Å²) in [4.78, 5) is 22.1. The summed E-state index contributed by atoms with van der Waals surface area (Å²) in [5, 5.41) is 9.26. The molecule has 1 rings (SSSR count). The maximum Gasteiger partial charge on any atom is 0.273 e. The molecule has 0 radical (unpaired) electrons. The van der Waals surface area contributed by atoms with Crippen molar-refractivity contribution in [3.8, 4) is 0 Å². The lowest BCUT2D eigenvalue weighted by molar-refractivity contribution is -0.105. The van der Waals surface area contributed by atoms with Gasteiger partial charge >= 0.3 is 0 Å². The largest absolute Gasteiger partial charge is 0.351 e. The van der Waals surface area contributed by atoms with Crippen LogP contribution in [0.1, 0.15) is 30.8 Å². The highest BCUT2D eigenvalue weighted by Gasteiger charge is 2.15. The molecule has 0 spiro atoms. The van der Waals surface area contributed by atoms with Crippen LogP contribution >= 0.6 is 0 Å². The second-order valence-corrected chi connectivity index (χ2v) is 3.27. The maximum absolute atomic E-state index is 11.7. The standard InChI is InChI=1S/C10H16N4O2/c1-3-5-11-10(16)9-8(12-7-15)6-14(4-2)13-9/h6-7H,3-5H2,1-2H3,(H,11,16)(H,12,15). The number of amides is 2. The van der Waals surface area contributed by atoms with Crippen LogP contribution in [-0.4, -0.2) is 28.6 Å². The van der Waals surface area contributed by atoms with E-state index in [0.29, 0.717) is 25.2 Å². The molecule has 0 aliphatic heterocycles. The first-order valence-corrected chi connectivity index (χ1v) is 5.28. The van der Waals surface area contributed by atoms with E-state index in [9.17, 15) is 9.59 Å². The molecule has 0 saturated carbocycles. The van der Waals surface area contributed by atoms with Crippen molar-refractivity contribution >= 4 is 18.0 Å². The third-order valence-corrected chi connectivity index (χ3v) is 2.05. The number of nitrogens with one attached hydrogen (secondary N) is 2. The Kier molecular flexibility index (Phi) is 4.50. The molecule has 88 valence electrons. The molecule has 2 amide bonds. The van der Waals surface area contributed by atoms with Gasteiger partial charge in [0.25, 0.3) is 5.91 Å². The van der Waals surface area contributed by atoms with E-state index in [4.69, 9.17) is 0 Å². The molecule has 0 aromatic carbocycles. The number of anilines is 1. The minimum absolute atomic E-state index is 0.252. The molecule has 0 aliphatic carbocycles. The molecule has 1 heterocycles. The molecule has 0 unspecified atom stereocenters. The smallest absolute Gasteiger partial charge is 0.273 e. The van der Waals surface area contributed by atoms with Crippen molar-refractivity contribution < 1.29 is 9.59 Å². The van der Waals surface area contributed by atoms with Crippen molar-refractivity contribution in [2.45, 2.75) is 26.8 Å². The van der Waals surface area contributed by atoms with Gasteiger partial charge in [0.1, 0.15) is 0 Å². The molecule has 2 N–H and O–H groups in total. The first-order valence-electron chi connectivity index (χ1n) is 5.28. The zero-order valence-electron chi connectivity index (χ0n) is 9.49. The summed E-state index contributed by atoms with van der Waals surface area (Å²) >= 11 is 0. The van der Waals surface area contributed by atoms with Gasteiger partial charge in [-0.3, -0.25) is 14.3 Å². The zero-order chi connectivity index (χ0) is 12.0. The van der Waals surface area contributed by atoms with Crippen LogP contribution in [0.25, 0.3) is 0 Å². The fourth-order valence-corrected chi connectivity index (χ4v) is 1.24. The van der Waals surface area contributed by atoms with Gasteiger partial charge in [-0.25, -0.2) is 0 Å². The van der Waals surface area contributed by atoms with Crippen molar-refractivity contribution in [1.29, 1.82) is 0 Å². The monoisotopic (exact) mass is 224 g/mol. The van der Waals surface area contributed by atoms with Gasteiger partial charge in [-0.05, 0) is 13.3 Å². The zero-order valence-corrected chi connectivity index (χ0v) is 9.49. The van der Waals surface area contributed by atoms with Crippen molar-refractivity contribution in [1.82, 2.24) is 15.1 Å². The lowest BCUT2D eigenvalue weighted by Gasteiger charge is -2.01. The van der Waals surface area contributed by atoms with E-state index in [1.165, 1.54) is 0 Å². The Morgan fingerprint density at radius 2 is 2.31 bits per heavy atom. The van der Waals surface area contributed by atoms with E-state index in [2.05, 4.69) is 15.7 Å². The van der Waals surface area contributed by atoms with Crippen LogP contribution in [0.2, 0.25) is 0 Å². The second-order valence-electron chi connectivity index (χ2n) is 3.27. The Morgan fingerprint density at radius 3 is 2.88 bits per heavy atom. The van der Waals surface area contributed by atoms with Gasteiger partial charge in [0.15, 0.2) is 5.69 Å². The number of aryl methyl sites for hydroxylation is 1. The Bertz CT molecular complexity index is 373. The Hall–Kier alpha value is -1.85. The van der Waals surface area contributed by atoms with Crippen molar-refractivity contribution in [3.05, 3.63) is 11.9 Å². The minimum atomic E-state index is -0.265. The van der Waals surface area contributed by atoms with Crippen LogP contribution in [0, 0.1) is 0 Å². The summed E-state index contributed by atoms with van der Waals surface area (Å²) in [6.45, 7) is 5.12. The summed E-state index contributed by atoms with van der Waals surface area (Å²) in [6, 6.07) is 0. The van der Waals surface area contributed by atoms with Crippen LogP contribution in [0.15, 0.2) is 6.20 Å². The Morgan fingerprint density at radius 1 is 1.56 bits per heavy atom. The van der Waals surface area contributed by atoms with E-state index < -0.39 is 0 Å². The molecule has 0 bridgehead atoms. The molecule has 0 atom stereocenters. The number of carbonyl (C=O) groups is 2. The van der Waals surface area contributed by atoms with E-state index >= 15 is 0 Å². The molecular formula is C10H16N4O2. The van der Waals surface area contributed by atoms with Gasteiger partial charge in [-0.2, -0.15) is 5.10 Å². The summed E-state index contributed by atoms with van der Waals surface area (Å²) in [7, 11) is 0. The van der Waals surface area contributed by atoms with Crippen LogP contribution in [0.5, 0.6) is 0 Å². The van der Waals surface area contributed by atoms with Crippen molar-refractivity contribution in [2.24, 2.45) is 0 Å². The molecule has 6 heteroatoms. The molecule has 1 aromatic heterocycles. The van der Waals surface area contributed by atoms with Crippen molar-refractivity contribution in [2.75, 3.05) is 11.9 Å². The average Bonchev–Trinajstić information content (AvgIpc) is 2.70. The summed E-state index contributed by atoms with van der Waals surface area (Å²) < 4.78 is 1.60. The lowest BCUT2D eigenvalue weighted by atomic mass is 10.3. The van der Waals surface area contributed by atoms with E-state index in [-0.39, 0.29) is 11.6 Å². The minimum Gasteiger partial charge on any atom is -0.351 e. The highest BCUT2D eigenvalue weighted by atomic mass is 16.2. The Balaban J connectivity index is 2.86. The first-order chi connectivity index (χ1) is 7.72. The summed E-state index contributed by atoms with van der Waals surface area (Å²) in [5.41, 5.74) is 0.688. The predicted molar refractivity (Wildman–Crippen MR) is 60.2 cm³/mol. The molecule has 0 saturated heterocycles. The average molecular weight is 224 g/mol. The highest BCUT2D eigenvalue weighted by molar-refractivity contribution is 5.99. The number of hydrogen-bond donors (Lipinski definition) is 2. The van der Waals surface area contributed by atoms with Crippen LogP contribution in [-0.2, 0) is 11.3 Å². The normalized spacial score (nSPS) is 9.88. The van der Waals surface area contributed by atoms with E-state index in [1.807, 2.05) is 13.8 Å². The molecule has 6 nitrogen and oxygen atoms in total. The van der Waals surface area contributed by atoms with Crippen molar-refractivity contribution in [3.63, 3.8) is 0 Å². The van der Waals surface area contributed by atoms with Gasteiger partial charge in [0, 0.05) is 19.3 Å². The summed E-state index contributed by atoms with van der Waals surface area (Å²) in [6.07, 6.45) is 3.03. The van der Waals surface area contributed by atoms with Crippen LogP contribution < -0.4 is 10.6 Å². The summed E-state index contributed by atoms with van der Waals surface area (Å²) in [5.74, 6) is -0.265. The molecule has 0 aliphatic rings. The van der Waals surface area contributed by atoms with Gasteiger partial charge in [-0.15, -0.1) is 0 Å². The number of rotatable bonds is 6. The topological polar surface area (TPSA) is 76.0 Å². The fraction of sp³-hybridized carbons (Fsp3) is 0.500. The number of aromatic nitrogens is 2. The number of nitrogens with zero attached hydrogens (tertiary/aromatic N) is 2. The molecule has 1 aromatic rings. The lowest BCUT2D eigenvalue weighted by Crippen LogP contribution is -2.25. The molecule has 16 heavy (non-hydrogen) atoms. The number of hydrogen-bond acceptors (Lipinski definition) is 3. The van der Waals surface area contributed by atoms with E-state index in [1.54, 1.807) is 10.9 Å². The van der Waals surface area contributed by atoms with Crippen LogP contribution in [0.4, 0.5) is 5.69 Å². The SMILES string of the molecule is CCCNC(=O)c1nn(CC)cc1NC=O.